The maximum atomic E-state index is 9.40. The van der Waals surface area contributed by atoms with E-state index in [0.29, 0.717) is 6.54 Å². The van der Waals surface area contributed by atoms with Crippen LogP contribution in [0.1, 0.15) is 24.1 Å². The van der Waals surface area contributed by atoms with Crippen molar-refractivity contribution in [2.24, 2.45) is 0 Å². The van der Waals surface area contributed by atoms with E-state index in [0.717, 1.165) is 5.56 Å². The molecule has 3 N–H and O–H groups in total. The van der Waals surface area contributed by atoms with E-state index in [-0.39, 0.29) is 17.5 Å². The second-order valence-electron chi connectivity index (χ2n) is 4.34. The monoisotopic (exact) mass is 243 g/mol. The van der Waals surface area contributed by atoms with Crippen molar-refractivity contribution in [3.8, 4) is 11.5 Å². The highest BCUT2D eigenvalue weighted by Gasteiger charge is 2.05. The summed E-state index contributed by atoms with van der Waals surface area (Å²) < 4.78 is 0. The molecule has 0 amide bonds. The SMILES string of the molecule is C[C@H](NCc1ccc(O)c(O)c1)c1ccccc1. The summed E-state index contributed by atoms with van der Waals surface area (Å²) in [5.41, 5.74) is 2.16. The quantitative estimate of drug-likeness (QED) is 0.724. The van der Waals surface area contributed by atoms with Gasteiger partial charge >= 0.3 is 0 Å². The number of phenolic OH excluding ortho intramolecular Hbond substituents is 2. The highest BCUT2D eigenvalue weighted by molar-refractivity contribution is 5.40. The van der Waals surface area contributed by atoms with E-state index < -0.39 is 0 Å². The zero-order valence-corrected chi connectivity index (χ0v) is 10.3. The van der Waals surface area contributed by atoms with Gasteiger partial charge in [0, 0.05) is 12.6 Å². The van der Waals surface area contributed by atoms with Crippen LogP contribution in [-0.2, 0) is 6.54 Å². The molecule has 0 aliphatic rings. The fourth-order valence-electron chi connectivity index (χ4n) is 1.81. The summed E-state index contributed by atoms with van der Waals surface area (Å²) in [6.07, 6.45) is 0. The van der Waals surface area contributed by atoms with E-state index in [4.69, 9.17) is 0 Å². The molecule has 94 valence electrons. The summed E-state index contributed by atoms with van der Waals surface area (Å²) in [5.74, 6) is -0.170. The van der Waals surface area contributed by atoms with Gasteiger partial charge in [-0.1, -0.05) is 36.4 Å². The Balaban J connectivity index is 1.97. The van der Waals surface area contributed by atoms with Gasteiger partial charge in [0.2, 0.25) is 0 Å². The molecule has 2 aromatic carbocycles. The molecule has 2 aromatic rings. The molecule has 0 fully saturated rings. The molecule has 0 aromatic heterocycles. The number of phenols is 2. The minimum atomic E-state index is -0.0881. The van der Waals surface area contributed by atoms with Crippen molar-refractivity contribution < 1.29 is 10.2 Å². The first-order valence-corrected chi connectivity index (χ1v) is 5.96. The standard InChI is InChI=1S/C15H17NO2/c1-11(13-5-3-2-4-6-13)16-10-12-7-8-14(17)15(18)9-12/h2-9,11,16-18H,10H2,1H3/t11-/m0/s1. The first-order chi connectivity index (χ1) is 8.66. The summed E-state index contributed by atoms with van der Waals surface area (Å²) in [7, 11) is 0. The number of hydrogen-bond acceptors (Lipinski definition) is 3. The predicted octanol–water partition coefficient (Wildman–Crippen LogP) is 2.95. The van der Waals surface area contributed by atoms with E-state index in [2.05, 4.69) is 24.4 Å². The van der Waals surface area contributed by atoms with Gasteiger partial charge in [0.15, 0.2) is 11.5 Å². The van der Waals surface area contributed by atoms with Gasteiger partial charge in [-0.3, -0.25) is 0 Å². The second-order valence-corrected chi connectivity index (χ2v) is 4.34. The molecule has 0 heterocycles. The second kappa shape index (κ2) is 5.56. The Morgan fingerprint density at radius 2 is 1.72 bits per heavy atom. The Kier molecular flexibility index (Phi) is 3.85. The molecular weight excluding hydrogens is 226 g/mol. The maximum Gasteiger partial charge on any atom is 0.157 e. The van der Waals surface area contributed by atoms with Crippen LogP contribution >= 0.6 is 0 Å². The minimum Gasteiger partial charge on any atom is -0.504 e. The van der Waals surface area contributed by atoms with Crippen molar-refractivity contribution >= 4 is 0 Å². The average molecular weight is 243 g/mol. The molecule has 0 radical (unpaired) electrons. The molecule has 0 aliphatic carbocycles. The van der Waals surface area contributed by atoms with Gasteiger partial charge in [-0.05, 0) is 30.2 Å². The molecule has 0 unspecified atom stereocenters. The van der Waals surface area contributed by atoms with Gasteiger partial charge in [0.25, 0.3) is 0 Å². The van der Waals surface area contributed by atoms with Crippen LogP contribution in [0.15, 0.2) is 48.5 Å². The summed E-state index contributed by atoms with van der Waals surface area (Å²) in [6.45, 7) is 2.74. The lowest BCUT2D eigenvalue weighted by Crippen LogP contribution is -2.17. The lowest BCUT2D eigenvalue weighted by molar-refractivity contribution is 0.402. The van der Waals surface area contributed by atoms with Crippen molar-refractivity contribution in [1.29, 1.82) is 0 Å². The van der Waals surface area contributed by atoms with E-state index in [1.54, 1.807) is 12.1 Å². The molecule has 0 aliphatic heterocycles. The van der Waals surface area contributed by atoms with E-state index in [1.807, 2.05) is 18.2 Å². The Bertz CT molecular complexity index is 511. The van der Waals surface area contributed by atoms with Crippen molar-refractivity contribution in [2.75, 3.05) is 0 Å². The lowest BCUT2D eigenvalue weighted by atomic mass is 10.1. The van der Waals surface area contributed by atoms with Gasteiger partial charge in [-0.2, -0.15) is 0 Å². The summed E-state index contributed by atoms with van der Waals surface area (Å²) in [4.78, 5) is 0. The number of aromatic hydroxyl groups is 2. The molecule has 2 rings (SSSR count). The van der Waals surface area contributed by atoms with Crippen LogP contribution in [0.2, 0.25) is 0 Å². The van der Waals surface area contributed by atoms with Crippen LogP contribution in [0, 0.1) is 0 Å². The van der Waals surface area contributed by atoms with Gasteiger partial charge in [-0.25, -0.2) is 0 Å². The van der Waals surface area contributed by atoms with Gasteiger partial charge in [0.05, 0.1) is 0 Å². The predicted molar refractivity (Wildman–Crippen MR) is 71.5 cm³/mol. The highest BCUT2D eigenvalue weighted by Crippen LogP contribution is 2.25. The molecule has 3 nitrogen and oxygen atoms in total. The third-order valence-electron chi connectivity index (χ3n) is 2.95. The lowest BCUT2D eigenvalue weighted by Gasteiger charge is -2.14. The third kappa shape index (κ3) is 3.02. The highest BCUT2D eigenvalue weighted by atomic mass is 16.3. The fourth-order valence-corrected chi connectivity index (χ4v) is 1.81. The first kappa shape index (κ1) is 12.5. The maximum absolute atomic E-state index is 9.40. The van der Waals surface area contributed by atoms with Crippen LogP contribution < -0.4 is 5.32 Å². The normalized spacial score (nSPS) is 12.3. The van der Waals surface area contributed by atoms with Crippen molar-refractivity contribution in [3.05, 3.63) is 59.7 Å². The van der Waals surface area contributed by atoms with E-state index in [9.17, 15) is 10.2 Å². The average Bonchev–Trinajstić information content (AvgIpc) is 2.41. The smallest absolute Gasteiger partial charge is 0.157 e. The molecule has 1 atom stereocenters. The van der Waals surface area contributed by atoms with Crippen molar-refractivity contribution in [1.82, 2.24) is 5.32 Å². The third-order valence-corrected chi connectivity index (χ3v) is 2.95. The van der Waals surface area contributed by atoms with Gasteiger partial charge in [0.1, 0.15) is 0 Å². The molecular formula is C15H17NO2. The number of nitrogens with one attached hydrogen (secondary N) is 1. The summed E-state index contributed by atoms with van der Waals surface area (Å²) in [6, 6.07) is 15.3. The van der Waals surface area contributed by atoms with Crippen LogP contribution in [0.25, 0.3) is 0 Å². The Labute approximate surface area is 107 Å². The van der Waals surface area contributed by atoms with E-state index >= 15 is 0 Å². The topological polar surface area (TPSA) is 52.5 Å². The number of rotatable bonds is 4. The zero-order chi connectivity index (χ0) is 13.0. The van der Waals surface area contributed by atoms with Crippen LogP contribution in [0.4, 0.5) is 0 Å². The molecule has 0 bridgehead atoms. The molecule has 18 heavy (non-hydrogen) atoms. The van der Waals surface area contributed by atoms with Gasteiger partial charge in [-0.15, -0.1) is 0 Å². The Hall–Kier alpha value is -2.00. The van der Waals surface area contributed by atoms with Crippen molar-refractivity contribution in [3.63, 3.8) is 0 Å². The molecule has 3 heteroatoms. The number of hydrogen-bond donors (Lipinski definition) is 3. The molecule has 0 saturated heterocycles. The van der Waals surface area contributed by atoms with Crippen LogP contribution in [0.5, 0.6) is 11.5 Å². The summed E-state index contributed by atoms with van der Waals surface area (Å²) in [5, 5.41) is 22.0. The van der Waals surface area contributed by atoms with Crippen LogP contribution in [-0.4, -0.2) is 10.2 Å². The fraction of sp³-hybridized carbons (Fsp3) is 0.200. The minimum absolute atomic E-state index is 0.0818. The Morgan fingerprint density at radius 1 is 1.00 bits per heavy atom. The zero-order valence-electron chi connectivity index (χ0n) is 10.3. The summed E-state index contributed by atoms with van der Waals surface area (Å²) >= 11 is 0. The van der Waals surface area contributed by atoms with Crippen molar-refractivity contribution in [2.45, 2.75) is 19.5 Å². The Morgan fingerprint density at radius 3 is 2.39 bits per heavy atom. The number of benzene rings is 2. The first-order valence-electron chi connectivity index (χ1n) is 5.96. The molecule has 0 saturated carbocycles. The van der Waals surface area contributed by atoms with Gasteiger partial charge < -0.3 is 15.5 Å². The molecule has 0 spiro atoms. The van der Waals surface area contributed by atoms with E-state index in [1.165, 1.54) is 11.6 Å². The van der Waals surface area contributed by atoms with Crippen LogP contribution in [0.3, 0.4) is 0 Å². The largest absolute Gasteiger partial charge is 0.504 e.